The molecule has 0 aromatic heterocycles. The molecular formula is C15H24N4O. The summed E-state index contributed by atoms with van der Waals surface area (Å²) < 4.78 is 0. The second-order valence-corrected chi connectivity index (χ2v) is 5.34. The largest absolute Gasteiger partial charge is 0.337 e. The van der Waals surface area contributed by atoms with E-state index in [1.165, 1.54) is 0 Å². The van der Waals surface area contributed by atoms with Gasteiger partial charge in [-0.05, 0) is 25.6 Å². The molecule has 1 heterocycles. The third-order valence-electron chi connectivity index (χ3n) is 3.70. The van der Waals surface area contributed by atoms with Crippen LogP contribution in [0, 0.1) is 6.92 Å². The number of carbonyl (C=O) groups excluding carboxylic acids is 1. The molecule has 2 rings (SSSR count). The Morgan fingerprint density at radius 3 is 2.60 bits per heavy atom. The standard InChI is InChI=1S/C15H24N4O/c1-13-5-3-4-6-14(13)17-15(20)16-7-8-19-11-9-18(2)10-12-19/h3-6H,7-12H2,1-2H3,(H2,16,17,20). The predicted molar refractivity (Wildman–Crippen MR) is 82.1 cm³/mol. The van der Waals surface area contributed by atoms with E-state index in [0.29, 0.717) is 6.54 Å². The van der Waals surface area contributed by atoms with Crippen molar-refractivity contribution in [3.63, 3.8) is 0 Å². The van der Waals surface area contributed by atoms with Crippen LogP contribution >= 0.6 is 0 Å². The first-order valence-electron chi connectivity index (χ1n) is 7.16. The number of hydrogen-bond donors (Lipinski definition) is 2. The van der Waals surface area contributed by atoms with Crippen molar-refractivity contribution in [2.24, 2.45) is 0 Å². The van der Waals surface area contributed by atoms with E-state index in [1.807, 2.05) is 31.2 Å². The third-order valence-corrected chi connectivity index (χ3v) is 3.70. The lowest BCUT2D eigenvalue weighted by Gasteiger charge is -2.32. The molecule has 0 radical (unpaired) electrons. The van der Waals surface area contributed by atoms with E-state index in [-0.39, 0.29) is 6.03 Å². The van der Waals surface area contributed by atoms with Gasteiger partial charge in [-0.2, -0.15) is 0 Å². The lowest BCUT2D eigenvalue weighted by Crippen LogP contribution is -2.47. The van der Waals surface area contributed by atoms with Crippen LogP contribution in [-0.2, 0) is 0 Å². The maximum Gasteiger partial charge on any atom is 0.319 e. The molecule has 1 aliphatic heterocycles. The minimum atomic E-state index is -0.131. The third kappa shape index (κ3) is 4.51. The Labute approximate surface area is 120 Å². The normalized spacial score (nSPS) is 16.9. The predicted octanol–water partition coefficient (Wildman–Crippen LogP) is 1.36. The summed E-state index contributed by atoms with van der Waals surface area (Å²) in [6, 6.07) is 7.65. The van der Waals surface area contributed by atoms with Gasteiger partial charge < -0.3 is 15.5 Å². The van der Waals surface area contributed by atoms with Gasteiger partial charge in [0, 0.05) is 45.0 Å². The number of nitrogens with one attached hydrogen (secondary N) is 2. The summed E-state index contributed by atoms with van der Waals surface area (Å²) in [4.78, 5) is 16.5. The number of urea groups is 1. The van der Waals surface area contributed by atoms with Gasteiger partial charge in [0.2, 0.25) is 0 Å². The smallest absolute Gasteiger partial charge is 0.319 e. The van der Waals surface area contributed by atoms with Gasteiger partial charge in [-0.1, -0.05) is 18.2 Å². The molecule has 20 heavy (non-hydrogen) atoms. The molecule has 0 unspecified atom stereocenters. The van der Waals surface area contributed by atoms with Crippen LogP contribution in [0.4, 0.5) is 10.5 Å². The van der Waals surface area contributed by atoms with Gasteiger partial charge in [-0.25, -0.2) is 4.79 Å². The van der Waals surface area contributed by atoms with Crippen LogP contribution < -0.4 is 10.6 Å². The van der Waals surface area contributed by atoms with Crippen LogP contribution in [0.1, 0.15) is 5.56 Å². The summed E-state index contributed by atoms with van der Waals surface area (Å²) in [6.45, 7) is 7.95. The SMILES string of the molecule is Cc1ccccc1NC(=O)NCCN1CCN(C)CC1. The van der Waals surface area contributed by atoms with E-state index in [2.05, 4.69) is 27.5 Å². The summed E-state index contributed by atoms with van der Waals surface area (Å²) in [6.07, 6.45) is 0. The Hall–Kier alpha value is -1.59. The Balaban J connectivity index is 1.67. The summed E-state index contributed by atoms with van der Waals surface area (Å²) in [5.41, 5.74) is 1.94. The van der Waals surface area contributed by atoms with Crippen molar-refractivity contribution in [3.8, 4) is 0 Å². The van der Waals surface area contributed by atoms with E-state index in [0.717, 1.165) is 44.0 Å². The first kappa shape index (κ1) is 14.8. The minimum absolute atomic E-state index is 0.131. The maximum atomic E-state index is 11.8. The number of aryl methyl sites for hydroxylation is 1. The molecular weight excluding hydrogens is 252 g/mol. The molecule has 5 nitrogen and oxygen atoms in total. The Bertz CT molecular complexity index is 441. The molecule has 0 aliphatic carbocycles. The van der Waals surface area contributed by atoms with Gasteiger partial charge in [0.1, 0.15) is 0 Å². The zero-order valence-electron chi connectivity index (χ0n) is 12.4. The summed E-state index contributed by atoms with van der Waals surface area (Å²) in [5.74, 6) is 0. The number of piperazine rings is 1. The van der Waals surface area contributed by atoms with Gasteiger partial charge in [-0.3, -0.25) is 4.90 Å². The molecule has 0 bridgehead atoms. The number of likely N-dealkylation sites (N-methyl/N-ethyl adjacent to an activating group) is 1. The zero-order valence-corrected chi connectivity index (χ0v) is 12.4. The highest BCUT2D eigenvalue weighted by Gasteiger charge is 2.13. The second kappa shape index (κ2) is 7.26. The van der Waals surface area contributed by atoms with Crippen molar-refractivity contribution in [1.29, 1.82) is 0 Å². The van der Waals surface area contributed by atoms with Crippen LogP contribution in [0.25, 0.3) is 0 Å². The van der Waals surface area contributed by atoms with Gasteiger partial charge in [0.05, 0.1) is 0 Å². The number of benzene rings is 1. The van der Waals surface area contributed by atoms with E-state index < -0.39 is 0 Å². The Kier molecular flexibility index (Phi) is 5.38. The number of anilines is 1. The van der Waals surface area contributed by atoms with Crippen molar-refractivity contribution in [3.05, 3.63) is 29.8 Å². The summed E-state index contributed by atoms with van der Waals surface area (Å²) in [5, 5.41) is 5.79. The molecule has 5 heteroatoms. The highest BCUT2D eigenvalue weighted by Crippen LogP contribution is 2.12. The van der Waals surface area contributed by atoms with E-state index in [4.69, 9.17) is 0 Å². The van der Waals surface area contributed by atoms with Gasteiger partial charge in [0.25, 0.3) is 0 Å². The first-order chi connectivity index (χ1) is 9.65. The quantitative estimate of drug-likeness (QED) is 0.873. The molecule has 0 saturated carbocycles. The van der Waals surface area contributed by atoms with Crippen LogP contribution in [0.5, 0.6) is 0 Å². The van der Waals surface area contributed by atoms with E-state index in [9.17, 15) is 4.79 Å². The van der Waals surface area contributed by atoms with Gasteiger partial charge in [0.15, 0.2) is 0 Å². The van der Waals surface area contributed by atoms with Crippen molar-refractivity contribution in [1.82, 2.24) is 15.1 Å². The van der Waals surface area contributed by atoms with Crippen molar-refractivity contribution in [2.45, 2.75) is 6.92 Å². The van der Waals surface area contributed by atoms with Crippen LogP contribution in [0.3, 0.4) is 0 Å². The molecule has 1 aliphatic rings. The number of para-hydroxylation sites is 1. The monoisotopic (exact) mass is 276 g/mol. The molecule has 2 amide bonds. The second-order valence-electron chi connectivity index (χ2n) is 5.34. The molecule has 0 spiro atoms. The summed E-state index contributed by atoms with van der Waals surface area (Å²) >= 11 is 0. The Morgan fingerprint density at radius 1 is 1.20 bits per heavy atom. The fourth-order valence-electron chi connectivity index (χ4n) is 2.28. The van der Waals surface area contributed by atoms with Gasteiger partial charge >= 0.3 is 6.03 Å². The lowest BCUT2D eigenvalue weighted by atomic mass is 10.2. The topological polar surface area (TPSA) is 47.6 Å². The fourth-order valence-corrected chi connectivity index (χ4v) is 2.28. The maximum absolute atomic E-state index is 11.8. The number of nitrogens with zero attached hydrogens (tertiary/aromatic N) is 2. The number of carbonyl (C=O) groups is 1. The zero-order chi connectivity index (χ0) is 14.4. The Morgan fingerprint density at radius 2 is 1.90 bits per heavy atom. The highest BCUT2D eigenvalue weighted by molar-refractivity contribution is 5.89. The van der Waals surface area contributed by atoms with Gasteiger partial charge in [-0.15, -0.1) is 0 Å². The number of hydrogen-bond acceptors (Lipinski definition) is 3. The number of rotatable bonds is 4. The van der Waals surface area contributed by atoms with Crippen molar-refractivity contribution >= 4 is 11.7 Å². The van der Waals surface area contributed by atoms with Crippen LogP contribution in [0.2, 0.25) is 0 Å². The average molecular weight is 276 g/mol. The molecule has 1 aromatic rings. The number of amides is 2. The van der Waals surface area contributed by atoms with Crippen LogP contribution in [-0.4, -0.2) is 62.1 Å². The van der Waals surface area contributed by atoms with Crippen LogP contribution in [0.15, 0.2) is 24.3 Å². The van der Waals surface area contributed by atoms with Crippen molar-refractivity contribution in [2.75, 3.05) is 51.6 Å². The highest BCUT2D eigenvalue weighted by atomic mass is 16.2. The molecule has 0 atom stereocenters. The first-order valence-corrected chi connectivity index (χ1v) is 7.16. The molecule has 2 N–H and O–H groups in total. The lowest BCUT2D eigenvalue weighted by molar-refractivity contribution is 0.155. The molecule has 1 aromatic carbocycles. The minimum Gasteiger partial charge on any atom is -0.337 e. The molecule has 1 fully saturated rings. The van der Waals surface area contributed by atoms with E-state index >= 15 is 0 Å². The fraction of sp³-hybridized carbons (Fsp3) is 0.533. The average Bonchev–Trinajstić information content (AvgIpc) is 2.44. The van der Waals surface area contributed by atoms with Crippen molar-refractivity contribution < 1.29 is 4.79 Å². The molecule has 1 saturated heterocycles. The summed E-state index contributed by atoms with van der Waals surface area (Å²) in [7, 11) is 2.14. The van der Waals surface area contributed by atoms with E-state index in [1.54, 1.807) is 0 Å². The molecule has 110 valence electrons.